The summed E-state index contributed by atoms with van der Waals surface area (Å²) in [5, 5.41) is 11.3. The molecule has 6 heteroatoms. The van der Waals surface area contributed by atoms with Gasteiger partial charge in [-0.25, -0.2) is 0 Å². The van der Waals surface area contributed by atoms with Crippen LogP contribution in [-0.2, 0) is 16.0 Å². The Labute approximate surface area is 224 Å². The van der Waals surface area contributed by atoms with Crippen LogP contribution in [-0.4, -0.2) is 41.5 Å². The van der Waals surface area contributed by atoms with Crippen LogP contribution in [0.5, 0.6) is 11.5 Å². The summed E-state index contributed by atoms with van der Waals surface area (Å²) in [6.45, 7) is 7.60. The Kier molecular flexibility index (Phi) is 8.85. The normalized spacial score (nSPS) is 16.7. The number of aliphatic hydroxyl groups excluding tert-OH is 1. The van der Waals surface area contributed by atoms with Gasteiger partial charge in [-0.1, -0.05) is 56.3 Å². The number of rotatable bonds is 11. The summed E-state index contributed by atoms with van der Waals surface area (Å²) >= 11 is 0. The van der Waals surface area contributed by atoms with Gasteiger partial charge in [-0.15, -0.1) is 0 Å². The molecule has 0 radical (unpaired) electrons. The lowest BCUT2D eigenvalue weighted by Crippen LogP contribution is -2.31. The molecule has 1 N–H and O–H groups in total. The summed E-state index contributed by atoms with van der Waals surface area (Å²) in [6, 6.07) is 23.4. The summed E-state index contributed by atoms with van der Waals surface area (Å²) in [5.41, 5.74) is 2.30. The molecule has 1 fully saturated rings. The maximum absolute atomic E-state index is 13.4. The van der Waals surface area contributed by atoms with E-state index in [4.69, 9.17) is 9.47 Å². The first kappa shape index (κ1) is 27.0. The molecule has 1 amide bonds. The second kappa shape index (κ2) is 12.5. The quantitative estimate of drug-likeness (QED) is 0.188. The van der Waals surface area contributed by atoms with Crippen LogP contribution in [0, 0.1) is 5.92 Å². The van der Waals surface area contributed by atoms with E-state index in [-0.39, 0.29) is 11.3 Å². The fraction of sp³-hybridized carbons (Fsp3) is 0.312. The zero-order valence-corrected chi connectivity index (χ0v) is 22.2. The molecular weight excluding hydrogens is 478 g/mol. The zero-order chi connectivity index (χ0) is 27.1. The van der Waals surface area contributed by atoms with E-state index in [0.29, 0.717) is 54.7 Å². The standard InChI is InChI=1S/C32H35NO5/c1-4-37-26-15-13-24(14-16-26)30(34)28-29(25-11-8-12-27(21-25)38-20-18-22(2)3)33(32(36)31(28)35)19-17-23-9-6-5-7-10-23/h5-16,21-22,29,34H,4,17-20H2,1-3H3/b30-28+. The van der Waals surface area contributed by atoms with Crippen LogP contribution in [0.4, 0.5) is 0 Å². The summed E-state index contributed by atoms with van der Waals surface area (Å²) in [4.78, 5) is 28.2. The molecule has 0 aromatic heterocycles. The SMILES string of the molecule is CCOc1ccc(/C(O)=C2\C(=O)C(=O)N(CCc3ccccc3)C2c2cccc(OCCC(C)C)c2)cc1. The van der Waals surface area contributed by atoms with Gasteiger partial charge in [-0.05, 0) is 73.2 Å². The van der Waals surface area contributed by atoms with E-state index in [9.17, 15) is 14.7 Å². The first-order valence-corrected chi connectivity index (χ1v) is 13.2. The minimum Gasteiger partial charge on any atom is -0.507 e. The number of aliphatic hydroxyl groups is 1. The summed E-state index contributed by atoms with van der Waals surface area (Å²) < 4.78 is 11.5. The lowest BCUT2D eigenvalue weighted by Gasteiger charge is -2.26. The fourth-order valence-corrected chi connectivity index (χ4v) is 4.57. The molecular formula is C32H35NO5. The van der Waals surface area contributed by atoms with Crippen molar-refractivity contribution in [1.82, 2.24) is 4.90 Å². The van der Waals surface area contributed by atoms with Gasteiger partial charge < -0.3 is 19.5 Å². The van der Waals surface area contributed by atoms with Crippen LogP contribution in [0.15, 0.2) is 84.4 Å². The third-order valence-corrected chi connectivity index (χ3v) is 6.60. The Morgan fingerprint density at radius 1 is 0.921 bits per heavy atom. The Hall–Kier alpha value is -4.06. The third-order valence-electron chi connectivity index (χ3n) is 6.60. The number of hydrogen-bond acceptors (Lipinski definition) is 5. The van der Waals surface area contributed by atoms with Gasteiger partial charge in [0.1, 0.15) is 17.3 Å². The summed E-state index contributed by atoms with van der Waals surface area (Å²) in [7, 11) is 0. The van der Waals surface area contributed by atoms with E-state index in [0.717, 1.165) is 12.0 Å². The van der Waals surface area contributed by atoms with Crippen molar-refractivity contribution in [3.63, 3.8) is 0 Å². The second-order valence-corrected chi connectivity index (χ2v) is 9.79. The molecule has 0 spiro atoms. The first-order valence-electron chi connectivity index (χ1n) is 13.2. The van der Waals surface area contributed by atoms with Gasteiger partial charge in [0.05, 0.1) is 24.8 Å². The number of nitrogens with zero attached hydrogens (tertiary/aromatic N) is 1. The number of ketones is 1. The van der Waals surface area contributed by atoms with Gasteiger partial charge in [0.2, 0.25) is 0 Å². The zero-order valence-electron chi connectivity index (χ0n) is 22.2. The van der Waals surface area contributed by atoms with Crippen molar-refractivity contribution in [2.45, 2.75) is 39.7 Å². The minimum atomic E-state index is -0.737. The maximum atomic E-state index is 13.4. The Morgan fingerprint density at radius 2 is 1.66 bits per heavy atom. The monoisotopic (exact) mass is 513 g/mol. The molecule has 1 atom stereocenters. The van der Waals surface area contributed by atoms with Crippen molar-refractivity contribution in [3.8, 4) is 11.5 Å². The number of carbonyl (C=O) groups is 2. The predicted octanol–water partition coefficient (Wildman–Crippen LogP) is 6.17. The van der Waals surface area contributed by atoms with Gasteiger partial charge >= 0.3 is 0 Å². The van der Waals surface area contributed by atoms with Crippen molar-refractivity contribution >= 4 is 17.4 Å². The number of amides is 1. The molecule has 1 saturated heterocycles. The highest BCUT2D eigenvalue weighted by atomic mass is 16.5. The number of carbonyl (C=O) groups excluding carboxylic acids is 2. The molecule has 198 valence electrons. The summed E-state index contributed by atoms with van der Waals surface area (Å²) in [6.07, 6.45) is 1.50. The average Bonchev–Trinajstić information content (AvgIpc) is 3.17. The predicted molar refractivity (Wildman–Crippen MR) is 148 cm³/mol. The molecule has 3 aromatic carbocycles. The topological polar surface area (TPSA) is 76.1 Å². The molecule has 6 nitrogen and oxygen atoms in total. The average molecular weight is 514 g/mol. The highest BCUT2D eigenvalue weighted by molar-refractivity contribution is 6.46. The van der Waals surface area contributed by atoms with Crippen molar-refractivity contribution in [2.24, 2.45) is 5.92 Å². The van der Waals surface area contributed by atoms with Crippen LogP contribution in [0.2, 0.25) is 0 Å². The van der Waals surface area contributed by atoms with E-state index < -0.39 is 17.7 Å². The molecule has 0 aliphatic carbocycles. The third kappa shape index (κ3) is 6.25. The van der Waals surface area contributed by atoms with Crippen molar-refractivity contribution in [1.29, 1.82) is 0 Å². The highest BCUT2D eigenvalue weighted by Gasteiger charge is 2.46. The Bertz CT molecular complexity index is 1280. The van der Waals surface area contributed by atoms with Crippen LogP contribution >= 0.6 is 0 Å². The lowest BCUT2D eigenvalue weighted by atomic mass is 9.95. The number of benzene rings is 3. The molecule has 1 unspecified atom stereocenters. The van der Waals surface area contributed by atoms with Crippen molar-refractivity contribution < 1.29 is 24.2 Å². The fourth-order valence-electron chi connectivity index (χ4n) is 4.57. The first-order chi connectivity index (χ1) is 18.4. The molecule has 0 saturated carbocycles. The molecule has 1 heterocycles. The smallest absolute Gasteiger partial charge is 0.295 e. The molecule has 4 rings (SSSR count). The van der Waals surface area contributed by atoms with E-state index in [1.54, 1.807) is 29.2 Å². The summed E-state index contributed by atoms with van der Waals surface area (Å²) in [5.74, 6) is 0.320. The minimum absolute atomic E-state index is 0.0755. The van der Waals surface area contributed by atoms with E-state index in [1.165, 1.54) is 0 Å². The molecule has 0 bridgehead atoms. The second-order valence-electron chi connectivity index (χ2n) is 9.79. The van der Waals surface area contributed by atoms with Gasteiger partial charge in [0.15, 0.2) is 0 Å². The highest BCUT2D eigenvalue weighted by Crippen LogP contribution is 2.40. The molecule has 38 heavy (non-hydrogen) atoms. The van der Waals surface area contributed by atoms with Gasteiger partial charge in [-0.2, -0.15) is 0 Å². The van der Waals surface area contributed by atoms with E-state index in [1.807, 2.05) is 61.5 Å². The molecule has 3 aromatic rings. The number of likely N-dealkylation sites (tertiary alicyclic amines) is 1. The van der Waals surface area contributed by atoms with Crippen LogP contribution in [0.3, 0.4) is 0 Å². The molecule has 1 aliphatic heterocycles. The molecule has 1 aliphatic rings. The van der Waals surface area contributed by atoms with Crippen molar-refractivity contribution in [3.05, 3.63) is 101 Å². The Balaban J connectivity index is 1.72. The van der Waals surface area contributed by atoms with Crippen molar-refractivity contribution in [2.75, 3.05) is 19.8 Å². The lowest BCUT2D eigenvalue weighted by molar-refractivity contribution is -0.139. The van der Waals surface area contributed by atoms with Gasteiger partial charge in [-0.3, -0.25) is 9.59 Å². The van der Waals surface area contributed by atoms with Gasteiger partial charge in [0, 0.05) is 12.1 Å². The van der Waals surface area contributed by atoms with E-state index >= 15 is 0 Å². The van der Waals surface area contributed by atoms with Crippen LogP contribution < -0.4 is 9.47 Å². The van der Waals surface area contributed by atoms with Crippen LogP contribution in [0.25, 0.3) is 5.76 Å². The number of Topliss-reactive ketones (excluding diaryl/α,β-unsaturated/α-hetero) is 1. The number of ether oxygens (including phenoxy) is 2. The largest absolute Gasteiger partial charge is 0.507 e. The van der Waals surface area contributed by atoms with Gasteiger partial charge in [0.25, 0.3) is 11.7 Å². The van der Waals surface area contributed by atoms with E-state index in [2.05, 4.69) is 13.8 Å². The van der Waals surface area contributed by atoms with Crippen LogP contribution in [0.1, 0.15) is 49.9 Å². The number of hydrogen-bond donors (Lipinski definition) is 1. The Morgan fingerprint density at radius 3 is 2.34 bits per heavy atom. The maximum Gasteiger partial charge on any atom is 0.295 e.